The van der Waals surface area contributed by atoms with Crippen molar-refractivity contribution in [3.63, 3.8) is 0 Å². The molecule has 3 aromatic carbocycles. The van der Waals surface area contributed by atoms with Gasteiger partial charge in [-0.15, -0.1) is 0 Å². The summed E-state index contributed by atoms with van der Waals surface area (Å²) in [7, 11) is 0. The molecule has 58 heavy (non-hydrogen) atoms. The highest BCUT2D eigenvalue weighted by molar-refractivity contribution is 5.96. The van der Waals surface area contributed by atoms with E-state index in [2.05, 4.69) is 41.5 Å². The number of amides is 5. The van der Waals surface area contributed by atoms with Crippen LogP contribution in [0.25, 0.3) is 10.9 Å². The maximum atomic E-state index is 14.2. The molecule has 304 valence electrons. The van der Waals surface area contributed by atoms with Crippen LogP contribution < -0.4 is 38.1 Å². The molecular weight excluding hydrogens is 739 g/mol. The Morgan fingerprint density at radius 1 is 0.672 bits per heavy atom. The number of carbonyl (C=O) groups is 5. The number of guanidine groups is 1. The van der Waals surface area contributed by atoms with Gasteiger partial charge in [0, 0.05) is 55.5 Å². The highest BCUT2D eigenvalue weighted by Gasteiger charge is 2.32. The van der Waals surface area contributed by atoms with Crippen molar-refractivity contribution >= 4 is 46.4 Å². The molecule has 0 aliphatic heterocycles. The predicted molar refractivity (Wildman–Crippen MR) is 220 cm³/mol. The number of aromatic amines is 2. The standard InChI is InChI=1S/C42H51N11O5/c43-38(55)34(22-29-24-48-32-17-8-7-16-31(29)32)52-39(56)33(18-10-20-47-42(44)45)51-40(57)35(21-28-13-5-2-6-14-28)53-41(58)36(23-30-25-46-26-49-30)50-37(54)19-9-15-27-11-3-1-4-12-27/h1-8,11-14,16-17,24-26,33-36,48H,9-10,15,18-23H2,(H2,43,55)(H,46,49)(H,50,54)(H,51,57)(H,52,56)(H,53,58)(H4,44,45,47)/t33-,34-,35+,36-/m0/s1. The van der Waals surface area contributed by atoms with Crippen LogP contribution in [0.2, 0.25) is 0 Å². The van der Waals surface area contributed by atoms with Crippen LogP contribution in [0, 0.1) is 5.41 Å². The Hall–Kier alpha value is -6.97. The lowest BCUT2D eigenvalue weighted by atomic mass is 10.0. The number of nitrogens with two attached hydrogens (primary N) is 2. The lowest BCUT2D eigenvalue weighted by molar-refractivity contribution is -0.134. The third kappa shape index (κ3) is 13.1. The Morgan fingerprint density at radius 2 is 1.29 bits per heavy atom. The molecule has 4 atom stereocenters. The van der Waals surface area contributed by atoms with Crippen LogP contribution in [-0.4, -0.2) is 81.2 Å². The molecule has 16 nitrogen and oxygen atoms in total. The molecule has 0 unspecified atom stereocenters. The zero-order valence-corrected chi connectivity index (χ0v) is 32.1. The summed E-state index contributed by atoms with van der Waals surface area (Å²) in [5, 5.41) is 22.2. The Kier molecular flexibility index (Phi) is 15.5. The molecule has 0 fully saturated rings. The molecule has 0 saturated carbocycles. The molecule has 12 N–H and O–H groups in total. The molecule has 0 spiro atoms. The normalized spacial score (nSPS) is 13.0. The first-order valence-corrected chi connectivity index (χ1v) is 19.2. The fraction of sp³-hybridized carbons (Fsp3) is 0.310. The molecule has 0 aliphatic rings. The van der Waals surface area contributed by atoms with Gasteiger partial charge in [0.15, 0.2) is 5.96 Å². The summed E-state index contributed by atoms with van der Waals surface area (Å²) in [5.74, 6) is -3.30. The van der Waals surface area contributed by atoms with Gasteiger partial charge in [-0.2, -0.15) is 0 Å². The van der Waals surface area contributed by atoms with E-state index in [4.69, 9.17) is 16.9 Å². The number of carbonyl (C=O) groups excluding carboxylic acids is 5. The second kappa shape index (κ2) is 21.4. The first kappa shape index (κ1) is 42.2. The third-order valence-electron chi connectivity index (χ3n) is 9.62. The summed E-state index contributed by atoms with van der Waals surface area (Å²) >= 11 is 0. The molecule has 5 aromatic rings. The average Bonchev–Trinajstić information content (AvgIpc) is 3.89. The number of rotatable bonds is 22. The zero-order chi connectivity index (χ0) is 41.3. The van der Waals surface area contributed by atoms with E-state index in [1.165, 1.54) is 6.33 Å². The smallest absolute Gasteiger partial charge is 0.243 e. The van der Waals surface area contributed by atoms with Gasteiger partial charge in [-0.1, -0.05) is 78.9 Å². The van der Waals surface area contributed by atoms with E-state index in [0.717, 1.165) is 27.6 Å². The van der Waals surface area contributed by atoms with Crippen molar-refractivity contribution in [2.24, 2.45) is 11.5 Å². The second-order valence-electron chi connectivity index (χ2n) is 14.0. The van der Waals surface area contributed by atoms with Crippen LogP contribution in [0.1, 0.15) is 48.1 Å². The monoisotopic (exact) mass is 789 g/mol. The lowest BCUT2D eigenvalue weighted by Gasteiger charge is -2.26. The summed E-state index contributed by atoms with van der Waals surface area (Å²) in [6.07, 6.45) is 6.88. The van der Waals surface area contributed by atoms with Crippen LogP contribution in [0.3, 0.4) is 0 Å². The average molecular weight is 790 g/mol. The van der Waals surface area contributed by atoms with Crippen molar-refractivity contribution in [1.29, 1.82) is 5.41 Å². The molecule has 0 bridgehead atoms. The van der Waals surface area contributed by atoms with Gasteiger partial charge in [-0.3, -0.25) is 29.4 Å². The van der Waals surface area contributed by atoms with Crippen LogP contribution >= 0.6 is 0 Å². The highest BCUT2D eigenvalue weighted by atomic mass is 16.2. The van der Waals surface area contributed by atoms with E-state index in [1.54, 1.807) is 24.5 Å². The van der Waals surface area contributed by atoms with Crippen LogP contribution in [-0.2, 0) is 49.7 Å². The summed E-state index contributed by atoms with van der Waals surface area (Å²) in [5.41, 5.74) is 15.2. The summed E-state index contributed by atoms with van der Waals surface area (Å²) in [4.78, 5) is 78.3. The van der Waals surface area contributed by atoms with Crippen LogP contribution in [0.5, 0.6) is 0 Å². The Labute approximate surface area is 336 Å². The van der Waals surface area contributed by atoms with Crippen LogP contribution in [0.4, 0.5) is 0 Å². The van der Waals surface area contributed by atoms with Crippen molar-refractivity contribution in [2.75, 3.05) is 6.54 Å². The van der Waals surface area contributed by atoms with Crippen molar-refractivity contribution in [1.82, 2.24) is 41.5 Å². The van der Waals surface area contributed by atoms with Gasteiger partial charge >= 0.3 is 0 Å². The van der Waals surface area contributed by atoms with E-state index < -0.39 is 47.8 Å². The number of H-pyrrole nitrogens is 2. The number of nitrogens with zero attached hydrogens (tertiary/aromatic N) is 1. The number of benzene rings is 3. The number of hydrogen-bond acceptors (Lipinski definition) is 7. The number of aryl methyl sites for hydroxylation is 1. The summed E-state index contributed by atoms with van der Waals surface area (Å²) in [6, 6.07) is 21.8. The van der Waals surface area contributed by atoms with Gasteiger partial charge in [0.25, 0.3) is 0 Å². The minimum Gasteiger partial charge on any atom is -0.370 e. The fourth-order valence-electron chi connectivity index (χ4n) is 6.60. The molecule has 0 radical (unpaired) electrons. The predicted octanol–water partition coefficient (Wildman–Crippen LogP) is 1.63. The summed E-state index contributed by atoms with van der Waals surface area (Å²) in [6.45, 7) is 0.230. The molecule has 2 heterocycles. The number of para-hydroxylation sites is 1. The van der Waals surface area contributed by atoms with E-state index in [1.807, 2.05) is 72.8 Å². The van der Waals surface area contributed by atoms with Crippen molar-refractivity contribution in [3.05, 3.63) is 126 Å². The molecule has 0 aliphatic carbocycles. The molecular formula is C42H51N11O5. The van der Waals surface area contributed by atoms with Crippen molar-refractivity contribution < 1.29 is 24.0 Å². The largest absolute Gasteiger partial charge is 0.370 e. The van der Waals surface area contributed by atoms with E-state index in [9.17, 15) is 24.0 Å². The second-order valence-corrected chi connectivity index (χ2v) is 14.0. The van der Waals surface area contributed by atoms with Gasteiger partial charge in [-0.25, -0.2) is 4.98 Å². The minimum absolute atomic E-state index is 0.0541. The first-order chi connectivity index (χ1) is 28.0. The van der Waals surface area contributed by atoms with Gasteiger partial charge in [0.2, 0.25) is 29.5 Å². The van der Waals surface area contributed by atoms with Gasteiger partial charge in [0.05, 0.1) is 12.0 Å². The highest BCUT2D eigenvalue weighted by Crippen LogP contribution is 2.19. The maximum Gasteiger partial charge on any atom is 0.243 e. The zero-order valence-electron chi connectivity index (χ0n) is 32.1. The Bertz CT molecular complexity index is 2120. The molecule has 2 aromatic heterocycles. The summed E-state index contributed by atoms with van der Waals surface area (Å²) < 4.78 is 0. The third-order valence-corrected chi connectivity index (χ3v) is 9.62. The molecule has 5 amide bonds. The number of hydrogen-bond donors (Lipinski definition) is 10. The van der Waals surface area contributed by atoms with Crippen molar-refractivity contribution in [3.8, 4) is 0 Å². The first-order valence-electron chi connectivity index (χ1n) is 19.2. The van der Waals surface area contributed by atoms with E-state index >= 15 is 0 Å². The lowest BCUT2D eigenvalue weighted by Crippen LogP contribution is -2.59. The topological polar surface area (TPSA) is 266 Å². The Balaban J connectivity index is 1.32. The number of nitrogens with one attached hydrogen (secondary N) is 8. The van der Waals surface area contributed by atoms with E-state index in [0.29, 0.717) is 25.0 Å². The SMILES string of the molecule is N=C(N)NCCC[C@H](NC(=O)[C@@H](Cc1ccccc1)NC(=O)[C@H](Cc1c[nH]cn1)NC(=O)CCCc1ccccc1)C(=O)N[C@@H](Cc1c[nH]c2ccccc12)C(N)=O. The fourth-order valence-corrected chi connectivity index (χ4v) is 6.60. The number of fused-ring (bicyclic) bond motifs is 1. The minimum atomic E-state index is -1.18. The van der Waals surface area contributed by atoms with E-state index in [-0.39, 0.29) is 50.5 Å². The molecule has 16 heteroatoms. The molecule has 5 rings (SSSR count). The van der Waals surface area contributed by atoms with Gasteiger partial charge in [-0.05, 0) is 48.4 Å². The molecule has 0 saturated heterocycles. The van der Waals surface area contributed by atoms with Crippen molar-refractivity contribution in [2.45, 2.75) is 75.5 Å². The van der Waals surface area contributed by atoms with Crippen LogP contribution in [0.15, 0.2) is 104 Å². The maximum absolute atomic E-state index is 14.2. The quantitative estimate of drug-likeness (QED) is 0.0279. The van der Waals surface area contributed by atoms with Gasteiger partial charge in [0.1, 0.15) is 24.2 Å². The number of imidazole rings is 1. The number of aromatic nitrogens is 3. The Morgan fingerprint density at radius 3 is 1.97 bits per heavy atom. The number of primary amides is 1. The van der Waals surface area contributed by atoms with Gasteiger partial charge < -0.3 is 48.0 Å².